The van der Waals surface area contributed by atoms with Crippen molar-refractivity contribution in [3.8, 4) is 0 Å². The number of amidine groups is 2. The fourth-order valence-corrected chi connectivity index (χ4v) is 1.94. The quantitative estimate of drug-likeness (QED) is 0.500. The Morgan fingerprint density at radius 1 is 1.00 bits per heavy atom. The van der Waals surface area contributed by atoms with Crippen molar-refractivity contribution in [2.75, 3.05) is 0 Å². The van der Waals surface area contributed by atoms with Crippen molar-refractivity contribution < 1.29 is 0 Å². The zero-order chi connectivity index (χ0) is 13.7. The molecule has 0 fully saturated rings. The van der Waals surface area contributed by atoms with E-state index in [9.17, 15) is 0 Å². The fourth-order valence-electron chi connectivity index (χ4n) is 1.42. The maximum absolute atomic E-state index is 5.89. The van der Waals surface area contributed by atoms with Crippen molar-refractivity contribution in [1.29, 1.82) is 0 Å². The van der Waals surface area contributed by atoms with Gasteiger partial charge in [-0.1, -0.05) is 41.9 Å². The minimum atomic E-state index is 0.408. The molecular weight excluding hydrogens is 326 g/mol. The molecule has 0 aromatic heterocycles. The average Bonchev–Trinajstić information content (AvgIpc) is 2.42. The van der Waals surface area contributed by atoms with E-state index in [1.54, 1.807) is 24.3 Å². The summed E-state index contributed by atoms with van der Waals surface area (Å²) < 4.78 is 0.413. The monoisotopic (exact) mass is 335 g/mol. The van der Waals surface area contributed by atoms with Crippen LogP contribution in [0.15, 0.2) is 64.6 Å². The number of nitrogens with two attached hydrogens (primary N) is 1. The van der Waals surface area contributed by atoms with Gasteiger partial charge in [0.25, 0.3) is 0 Å². The second kappa shape index (κ2) is 6.50. The van der Waals surface area contributed by atoms with Gasteiger partial charge < -0.3 is 5.73 Å². The molecule has 0 saturated heterocycles. The second-order valence-corrected chi connectivity index (χ2v) is 4.87. The predicted octanol–water partition coefficient (Wildman–Crippen LogP) is 4.13. The number of rotatable bonds is 2. The van der Waals surface area contributed by atoms with E-state index in [-0.39, 0.29) is 0 Å². The highest BCUT2D eigenvalue weighted by molar-refractivity contribution is 9.18. The Kier molecular flexibility index (Phi) is 4.71. The molecule has 0 radical (unpaired) electrons. The van der Waals surface area contributed by atoms with Crippen molar-refractivity contribution in [2.45, 2.75) is 0 Å². The van der Waals surface area contributed by atoms with Gasteiger partial charge in [0.1, 0.15) is 5.84 Å². The van der Waals surface area contributed by atoms with Gasteiger partial charge in [-0.05, 0) is 40.2 Å². The summed E-state index contributed by atoms with van der Waals surface area (Å²) in [5.74, 6) is 0.408. The molecule has 19 heavy (non-hydrogen) atoms. The molecule has 5 heteroatoms. The van der Waals surface area contributed by atoms with Crippen molar-refractivity contribution in [3.05, 3.63) is 65.2 Å². The van der Waals surface area contributed by atoms with Crippen LogP contribution in [0.2, 0.25) is 5.02 Å². The lowest BCUT2D eigenvalue weighted by Gasteiger charge is -1.99. The molecule has 0 bridgehead atoms. The first kappa shape index (κ1) is 13.8. The van der Waals surface area contributed by atoms with Gasteiger partial charge in [0.2, 0.25) is 0 Å². The Balaban J connectivity index is 2.20. The van der Waals surface area contributed by atoms with Gasteiger partial charge in [0.05, 0.1) is 5.69 Å². The SMILES string of the molecule is N/C(=N\C(Br)=Nc1ccc(Cl)cc1)c1ccccc1. The summed E-state index contributed by atoms with van der Waals surface area (Å²) in [6, 6.07) is 16.7. The van der Waals surface area contributed by atoms with Crippen molar-refractivity contribution in [2.24, 2.45) is 15.7 Å². The third-order valence-electron chi connectivity index (χ3n) is 2.33. The molecule has 0 unspecified atom stereocenters. The summed E-state index contributed by atoms with van der Waals surface area (Å²) >= 11 is 9.09. The topological polar surface area (TPSA) is 50.7 Å². The maximum Gasteiger partial charge on any atom is 0.199 e. The maximum atomic E-state index is 5.89. The van der Waals surface area contributed by atoms with Crippen LogP contribution < -0.4 is 5.73 Å². The number of hydrogen-bond donors (Lipinski definition) is 1. The van der Waals surface area contributed by atoms with Gasteiger partial charge in [-0.2, -0.15) is 0 Å². The average molecular weight is 337 g/mol. The molecule has 2 N–H and O–H groups in total. The zero-order valence-electron chi connectivity index (χ0n) is 9.92. The van der Waals surface area contributed by atoms with E-state index < -0.39 is 0 Å². The Hall–Kier alpha value is -1.65. The van der Waals surface area contributed by atoms with Crippen LogP contribution in [0, 0.1) is 0 Å². The van der Waals surface area contributed by atoms with Crippen molar-refractivity contribution in [3.63, 3.8) is 0 Å². The molecule has 0 aliphatic heterocycles. The fraction of sp³-hybridized carbons (Fsp3) is 0. The highest BCUT2D eigenvalue weighted by Crippen LogP contribution is 2.17. The summed E-state index contributed by atoms with van der Waals surface area (Å²) in [7, 11) is 0. The smallest absolute Gasteiger partial charge is 0.199 e. The van der Waals surface area contributed by atoms with Crippen molar-refractivity contribution in [1.82, 2.24) is 0 Å². The Labute approximate surface area is 125 Å². The zero-order valence-corrected chi connectivity index (χ0v) is 12.3. The normalized spacial score (nSPS) is 12.5. The first-order valence-corrected chi connectivity index (χ1v) is 6.71. The Morgan fingerprint density at radius 3 is 2.26 bits per heavy atom. The molecule has 2 aromatic rings. The number of nitrogens with zero attached hydrogens (tertiary/aromatic N) is 2. The largest absolute Gasteiger partial charge is 0.383 e. The summed E-state index contributed by atoms with van der Waals surface area (Å²) in [6.07, 6.45) is 0. The number of hydrogen-bond acceptors (Lipinski definition) is 1. The van der Waals surface area contributed by atoms with Crippen LogP contribution in [0.4, 0.5) is 5.69 Å². The second-order valence-electron chi connectivity index (χ2n) is 3.72. The minimum absolute atomic E-state index is 0.408. The molecular formula is C14H11BrClN3. The van der Waals surface area contributed by atoms with Crippen LogP contribution in [-0.2, 0) is 0 Å². The summed E-state index contributed by atoms with van der Waals surface area (Å²) in [4.78, 5) is 8.47. The van der Waals surface area contributed by atoms with Crippen LogP contribution in [0.1, 0.15) is 5.56 Å². The molecule has 2 aromatic carbocycles. The molecule has 0 atom stereocenters. The van der Waals surface area contributed by atoms with Gasteiger partial charge in [0.15, 0.2) is 4.74 Å². The van der Waals surface area contributed by atoms with Crippen LogP contribution >= 0.6 is 27.5 Å². The molecule has 0 spiro atoms. The van der Waals surface area contributed by atoms with Gasteiger partial charge in [-0.3, -0.25) is 0 Å². The van der Waals surface area contributed by atoms with Gasteiger partial charge in [0, 0.05) is 10.6 Å². The molecule has 0 amide bonds. The molecule has 0 aliphatic rings. The Bertz CT molecular complexity index is 606. The van der Waals surface area contributed by atoms with Crippen LogP contribution in [0.5, 0.6) is 0 Å². The third kappa shape index (κ3) is 4.19. The summed E-state index contributed by atoms with van der Waals surface area (Å²) in [5, 5.41) is 0.669. The molecule has 0 aliphatic carbocycles. The van der Waals surface area contributed by atoms with Gasteiger partial charge in [-0.15, -0.1) is 0 Å². The van der Waals surface area contributed by atoms with Crippen LogP contribution in [0.25, 0.3) is 0 Å². The lowest BCUT2D eigenvalue weighted by atomic mass is 10.2. The van der Waals surface area contributed by atoms with Gasteiger partial charge in [-0.25, -0.2) is 9.98 Å². The van der Waals surface area contributed by atoms with Crippen molar-refractivity contribution >= 4 is 43.8 Å². The van der Waals surface area contributed by atoms with E-state index in [0.717, 1.165) is 11.3 Å². The molecule has 0 heterocycles. The number of benzene rings is 2. The molecule has 0 saturated carbocycles. The Morgan fingerprint density at radius 2 is 1.63 bits per heavy atom. The first-order chi connectivity index (χ1) is 9.15. The minimum Gasteiger partial charge on any atom is -0.383 e. The van der Waals surface area contributed by atoms with E-state index in [1.165, 1.54) is 0 Å². The predicted molar refractivity (Wildman–Crippen MR) is 84.6 cm³/mol. The summed E-state index contributed by atoms with van der Waals surface area (Å²) in [5.41, 5.74) is 7.50. The van der Waals surface area contributed by atoms with E-state index in [4.69, 9.17) is 17.3 Å². The molecule has 3 nitrogen and oxygen atoms in total. The molecule has 2 rings (SSSR count). The number of halogens is 2. The third-order valence-corrected chi connectivity index (χ3v) is 2.94. The van der Waals surface area contributed by atoms with Crippen LogP contribution in [-0.4, -0.2) is 10.6 Å². The standard InChI is InChI=1S/C14H11BrClN3/c15-14(18-12-8-6-11(16)7-9-12)19-13(17)10-4-2-1-3-5-10/h1-9H,(H2,17,18,19). The summed E-state index contributed by atoms with van der Waals surface area (Å²) in [6.45, 7) is 0. The van der Waals surface area contributed by atoms with Gasteiger partial charge >= 0.3 is 0 Å². The van der Waals surface area contributed by atoms with E-state index in [1.807, 2.05) is 30.3 Å². The highest BCUT2D eigenvalue weighted by atomic mass is 79.9. The lowest BCUT2D eigenvalue weighted by molar-refractivity contribution is 1.48. The highest BCUT2D eigenvalue weighted by Gasteiger charge is 1.99. The first-order valence-electron chi connectivity index (χ1n) is 5.54. The molecule has 96 valence electrons. The lowest BCUT2D eigenvalue weighted by Crippen LogP contribution is -2.14. The van der Waals surface area contributed by atoms with Crippen LogP contribution in [0.3, 0.4) is 0 Å². The van der Waals surface area contributed by atoms with E-state index in [0.29, 0.717) is 15.6 Å². The van der Waals surface area contributed by atoms with E-state index >= 15 is 0 Å². The number of aliphatic imine (C=N–C) groups is 2. The van der Waals surface area contributed by atoms with E-state index in [2.05, 4.69) is 25.9 Å².